The zero-order chi connectivity index (χ0) is 18.9. The van der Waals surface area contributed by atoms with Crippen LogP contribution < -0.4 is 0 Å². The molecule has 26 heavy (non-hydrogen) atoms. The predicted molar refractivity (Wildman–Crippen MR) is 97.7 cm³/mol. The third kappa shape index (κ3) is 5.95. The highest BCUT2D eigenvalue weighted by Crippen LogP contribution is 2.28. The van der Waals surface area contributed by atoms with Crippen LogP contribution in [0.1, 0.15) is 25.7 Å². The smallest absolute Gasteiger partial charge is 0.290 e. The Morgan fingerprint density at radius 3 is 2.12 bits per heavy atom. The van der Waals surface area contributed by atoms with Crippen LogP contribution in [0.4, 0.5) is 0 Å². The summed E-state index contributed by atoms with van der Waals surface area (Å²) in [6, 6.07) is 0. The largest absolute Gasteiger partial charge is 0.483 e. The SMILES string of the molecule is CN1CCCN(CC(=O)N2CCN(C(=O)C3CCC3)CC2)CC1.O=CO. The third-order valence-electron chi connectivity index (χ3n) is 5.57. The molecule has 2 amide bonds. The number of amides is 2. The van der Waals surface area contributed by atoms with E-state index in [4.69, 9.17) is 9.90 Å². The minimum absolute atomic E-state index is 0.227. The molecule has 0 spiro atoms. The fourth-order valence-electron chi connectivity index (χ4n) is 3.64. The minimum atomic E-state index is -0.250. The lowest BCUT2D eigenvalue weighted by molar-refractivity contribution is -0.144. The highest BCUT2D eigenvalue weighted by molar-refractivity contribution is 5.81. The number of likely N-dealkylation sites (N-methyl/N-ethyl adjacent to an activating group) is 1. The van der Waals surface area contributed by atoms with Crippen molar-refractivity contribution in [3.63, 3.8) is 0 Å². The Kier molecular flexibility index (Phi) is 8.31. The van der Waals surface area contributed by atoms with E-state index in [1.165, 1.54) is 6.42 Å². The summed E-state index contributed by atoms with van der Waals surface area (Å²) in [5.74, 6) is 0.815. The van der Waals surface area contributed by atoms with E-state index in [0.717, 1.165) is 45.4 Å². The summed E-state index contributed by atoms with van der Waals surface area (Å²) in [6.45, 7) is 7.25. The van der Waals surface area contributed by atoms with E-state index in [2.05, 4.69) is 16.8 Å². The fourth-order valence-corrected chi connectivity index (χ4v) is 3.64. The van der Waals surface area contributed by atoms with Gasteiger partial charge >= 0.3 is 0 Å². The molecule has 3 aliphatic rings. The first-order valence-corrected chi connectivity index (χ1v) is 9.60. The van der Waals surface area contributed by atoms with Crippen molar-refractivity contribution < 1.29 is 19.5 Å². The van der Waals surface area contributed by atoms with Crippen LogP contribution in [0.5, 0.6) is 0 Å². The molecule has 0 aromatic rings. The van der Waals surface area contributed by atoms with Crippen LogP contribution in [-0.4, -0.2) is 109 Å². The van der Waals surface area contributed by atoms with Crippen LogP contribution in [-0.2, 0) is 14.4 Å². The second-order valence-corrected chi connectivity index (χ2v) is 7.37. The Morgan fingerprint density at radius 1 is 0.923 bits per heavy atom. The lowest BCUT2D eigenvalue weighted by Crippen LogP contribution is -2.54. The Bertz CT molecular complexity index is 476. The maximum absolute atomic E-state index is 12.5. The van der Waals surface area contributed by atoms with Gasteiger partial charge in [0.05, 0.1) is 6.54 Å². The monoisotopic (exact) mass is 368 g/mol. The number of hydrogen-bond acceptors (Lipinski definition) is 5. The number of piperazine rings is 1. The van der Waals surface area contributed by atoms with Gasteiger partial charge in [0, 0.05) is 45.2 Å². The molecule has 0 bridgehead atoms. The van der Waals surface area contributed by atoms with Gasteiger partial charge < -0.3 is 19.8 Å². The van der Waals surface area contributed by atoms with Crippen LogP contribution >= 0.6 is 0 Å². The average molecular weight is 368 g/mol. The van der Waals surface area contributed by atoms with Gasteiger partial charge in [0.1, 0.15) is 0 Å². The molecule has 0 unspecified atom stereocenters. The summed E-state index contributed by atoms with van der Waals surface area (Å²) in [4.78, 5) is 41.6. The van der Waals surface area contributed by atoms with Gasteiger partial charge in [0.25, 0.3) is 6.47 Å². The molecule has 0 aromatic carbocycles. The lowest BCUT2D eigenvalue weighted by atomic mass is 9.84. The third-order valence-corrected chi connectivity index (χ3v) is 5.57. The van der Waals surface area contributed by atoms with Gasteiger partial charge in [-0.1, -0.05) is 6.42 Å². The number of carbonyl (C=O) groups is 3. The highest BCUT2D eigenvalue weighted by atomic mass is 16.3. The Balaban J connectivity index is 0.000000758. The minimum Gasteiger partial charge on any atom is -0.483 e. The molecule has 1 aliphatic carbocycles. The molecule has 2 aliphatic heterocycles. The molecular weight excluding hydrogens is 336 g/mol. The standard InChI is InChI=1S/C17H30N4O2.CH2O2/c1-18-6-3-7-19(9-8-18)14-16(22)20-10-12-21(13-11-20)17(23)15-4-2-5-15;2-1-3/h15H,2-14H2,1H3;1H,(H,2,3). The number of carboxylic acid groups (broad SMARTS) is 1. The first-order valence-electron chi connectivity index (χ1n) is 9.60. The summed E-state index contributed by atoms with van der Waals surface area (Å²) in [5, 5.41) is 6.89. The molecule has 8 nitrogen and oxygen atoms in total. The molecule has 0 aromatic heterocycles. The molecule has 1 N–H and O–H groups in total. The molecule has 0 atom stereocenters. The van der Waals surface area contributed by atoms with E-state index in [-0.39, 0.29) is 18.3 Å². The first kappa shape index (κ1) is 20.6. The summed E-state index contributed by atoms with van der Waals surface area (Å²) in [5.41, 5.74) is 0. The van der Waals surface area contributed by atoms with Gasteiger partial charge in [-0.05, 0) is 39.4 Å². The lowest BCUT2D eigenvalue weighted by Gasteiger charge is -2.38. The second kappa shape index (κ2) is 10.5. The summed E-state index contributed by atoms with van der Waals surface area (Å²) in [6.07, 6.45) is 4.44. The van der Waals surface area contributed by atoms with Crippen molar-refractivity contribution in [2.45, 2.75) is 25.7 Å². The molecule has 148 valence electrons. The van der Waals surface area contributed by atoms with Crippen LogP contribution in [0.25, 0.3) is 0 Å². The van der Waals surface area contributed by atoms with Gasteiger partial charge in [-0.25, -0.2) is 0 Å². The molecule has 0 radical (unpaired) electrons. The highest BCUT2D eigenvalue weighted by Gasteiger charge is 2.32. The molecule has 3 fully saturated rings. The molecule has 2 heterocycles. The van der Waals surface area contributed by atoms with Crippen molar-refractivity contribution in [2.24, 2.45) is 5.92 Å². The zero-order valence-corrected chi connectivity index (χ0v) is 15.8. The maximum Gasteiger partial charge on any atom is 0.290 e. The van der Waals surface area contributed by atoms with Gasteiger partial charge in [0.2, 0.25) is 11.8 Å². The van der Waals surface area contributed by atoms with Crippen molar-refractivity contribution in [2.75, 3.05) is 66.0 Å². The van der Waals surface area contributed by atoms with E-state index in [0.29, 0.717) is 38.6 Å². The Morgan fingerprint density at radius 2 is 1.54 bits per heavy atom. The van der Waals surface area contributed by atoms with E-state index in [9.17, 15) is 9.59 Å². The Labute approximate surface area is 155 Å². The summed E-state index contributed by atoms with van der Waals surface area (Å²) >= 11 is 0. The summed E-state index contributed by atoms with van der Waals surface area (Å²) in [7, 11) is 2.14. The van der Waals surface area contributed by atoms with Gasteiger partial charge in [-0.2, -0.15) is 0 Å². The van der Waals surface area contributed by atoms with Crippen molar-refractivity contribution in [1.82, 2.24) is 19.6 Å². The van der Waals surface area contributed by atoms with E-state index in [1.807, 2.05) is 9.80 Å². The molecule has 2 saturated heterocycles. The van der Waals surface area contributed by atoms with Crippen molar-refractivity contribution >= 4 is 18.3 Å². The number of carbonyl (C=O) groups excluding carboxylic acids is 2. The average Bonchev–Trinajstić information content (AvgIpc) is 2.78. The molecule has 3 rings (SSSR count). The maximum atomic E-state index is 12.5. The van der Waals surface area contributed by atoms with E-state index in [1.54, 1.807) is 0 Å². The quantitative estimate of drug-likeness (QED) is 0.695. The zero-order valence-electron chi connectivity index (χ0n) is 15.8. The molecular formula is C18H32N4O4. The normalized spacial score (nSPS) is 22.7. The van der Waals surface area contributed by atoms with Crippen molar-refractivity contribution in [1.29, 1.82) is 0 Å². The van der Waals surface area contributed by atoms with Crippen LogP contribution in [0.2, 0.25) is 0 Å². The fraction of sp³-hybridized carbons (Fsp3) is 0.833. The second-order valence-electron chi connectivity index (χ2n) is 7.37. The predicted octanol–water partition coefficient (Wildman–Crippen LogP) is -0.204. The van der Waals surface area contributed by atoms with Gasteiger partial charge in [-0.15, -0.1) is 0 Å². The Hall–Kier alpha value is -1.67. The molecule has 8 heteroatoms. The molecule has 1 saturated carbocycles. The number of hydrogen-bond donors (Lipinski definition) is 1. The van der Waals surface area contributed by atoms with E-state index < -0.39 is 0 Å². The number of rotatable bonds is 3. The van der Waals surface area contributed by atoms with Crippen molar-refractivity contribution in [3.8, 4) is 0 Å². The number of nitrogens with zero attached hydrogens (tertiary/aromatic N) is 4. The van der Waals surface area contributed by atoms with Crippen LogP contribution in [0, 0.1) is 5.92 Å². The van der Waals surface area contributed by atoms with Gasteiger partial charge in [0.15, 0.2) is 0 Å². The van der Waals surface area contributed by atoms with Crippen LogP contribution in [0.15, 0.2) is 0 Å². The topological polar surface area (TPSA) is 84.4 Å². The van der Waals surface area contributed by atoms with Gasteiger partial charge in [-0.3, -0.25) is 19.3 Å². The van der Waals surface area contributed by atoms with Crippen molar-refractivity contribution in [3.05, 3.63) is 0 Å². The first-order chi connectivity index (χ1) is 12.5. The van der Waals surface area contributed by atoms with E-state index >= 15 is 0 Å². The summed E-state index contributed by atoms with van der Waals surface area (Å²) < 4.78 is 0. The van der Waals surface area contributed by atoms with Crippen LogP contribution in [0.3, 0.4) is 0 Å².